The van der Waals surface area contributed by atoms with Gasteiger partial charge in [-0.2, -0.15) is 0 Å². The zero-order valence-electron chi connectivity index (χ0n) is 8.13. The minimum Gasteiger partial charge on any atom is -0.497 e. The Morgan fingerprint density at radius 3 is 2.92 bits per heavy atom. The average molecular weight is 177 g/mol. The molecule has 1 N–H and O–H groups in total. The van der Waals surface area contributed by atoms with Crippen molar-refractivity contribution < 1.29 is 4.74 Å². The quantitative estimate of drug-likeness (QED) is 0.758. The third-order valence-electron chi connectivity index (χ3n) is 1.87. The summed E-state index contributed by atoms with van der Waals surface area (Å²) in [6.45, 7) is 4.77. The van der Waals surface area contributed by atoms with Gasteiger partial charge in [0, 0.05) is 6.54 Å². The highest BCUT2D eigenvalue weighted by molar-refractivity contribution is 5.65. The van der Waals surface area contributed by atoms with Crippen LogP contribution in [0.15, 0.2) is 30.8 Å². The standard InChI is InChI=1S/C11H15NO/c1-9(8-12-2)10-5-4-6-11(7-10)13-3/h4-7,12H,1,8H2,2-3H3. The zero-order chi connectivity index (χ0) is 9.68. The van der Waals surface area contributed by atoms with Crippen LogP contribution >= 0.6 is 0 Å². The third-order valence-corrected chi connectivity index (χ3v) is 1.87. The van der Waals surface area contributed by atoms with Gasteiger partial charge in [-0.1, -0.05) is 18.7 Å². The first-order valence-corrected chi connectivity index (χ1v) is 4.24. The van der Waals surface area contributed by atoms with Crippen molar-refractivity contribution in [2.24, 2.45) is 0 Å². The molecule has 0 aliphatic heterocycles. The zero-order valence-corrected chi connectivity index (χ0v) is 8.13. The van der Waals surface area contributed by atoms with Gasteiger partial charge in [0.05, 0.1) is 7.11 Å². The highest BCUT2D eigenvalue weighted by Crippen LogP contribution is 2.17. The van der Waals surface area contributed by atoms with Gasteiger partial charge in [0.2, 0.25) is 0 Å². The van der Waals surface area contributed by atoms with E-state index < -0.39 is 0 Å². The summed E-state index contributed by atoms with van der Waals surface area (Å²) in [7, 11) is 3.57. The number of methoxy groups -OCH3 is 1. The fourth-order valence-corrected chi connectivity index (χ4v) is 1.16. The molecule has 1 aromatic rings. The van der Waals surface area contributed by atoms with E-state index in [-0.39, 0.29) is 0 Å². The van der Waals surface area contributed by atoms with Gasteiger partial charge in [0.1, 0.15) is 5.75 Å². The summed E-state index contributed by atoms with van der Waals surface area (Å²) in [6, 6.07) is 7.91. The summed E-state index contributed by atoms with van der Waals surface area (Å²) in [4.78, 5) is 0. The Morgan fingerprint density at radius 2 is 2.31 bits per heavy atom. The van der Waals surface area contributed by atoms with Crippen LogP contribution in [0.25, 0.3) is 5.57 Å². The molecule has 0 aliphatic carbocycles. The largest absolute Gasteiger partial charge is 0.497 e. The van der Waals surface area contributed by atoms with Crippen molar-refractivity contribution in [1.82, 2.24) is 5.32 Å². The molecule has 2 heteroatoms. The second kappa shape index (κ2) is 4.67. The molecule has 1 aromatic carbocycles. The van der Waals surface area contributed by atoms with Gasteiger partial charge in [-0.15, -0.1) is 0 Å². The van der Waals surface area contributed by atoms with E-state index in [1.54, 1.807) is 7.11 Å². The molecule has 1 rings (SSSR count). The fourth-order valence-electron chi connectivity index (χ4n) is 1.16. The number of ether oxygens (including phenoxy) is 1. The molecule has 2 nitrogen and oxygen atoms in total. The van der Waals surface area contributed by atoms with Crippen LogP contribution in [0, 0.1) is 0 Å². The minimum absolute atomic E-state index is 0.799. The Kier molecular flexibility index (Phi) is 3.53. The van der Waals surface area contributed by atoms with E-state index in [2.05, 4.69) is 11.9 Å². The number of hydrogen-bond donors (Lipinski definition) is 1. The smallest absolute Gasteiger partial charge is 0.119 e. The summed E-state index contributed by atoms with van der Waals surface area (Å²) in [5.41, 5.74) is 2.19. The van der Waals surface area contributed by atoms with Crippen LogP contribution in [-0.4, -0.2) is 20.7 Å². The first-order chi connectivity index (χ1) is 6.27. The second-order valence-corrected chi connectivity index (χ2v) is 2.87. The first kappa shape index (κ1) is 9.81. The molecule has 0 saturated carbocycles. The monoisotopic (exact) mass is 177 g/mol. The topological polar surface area (TPSA) is 21.3 Å². The van der Waals surface area contributed by atoms with Crippen molar-refractivity contribution in [3.05, 3.63) is 36.4 Å². The molecule has 0 atom stereocenters. The Balaban J connectivity index is 2.82. The molecule has 0 aliphatic rings. The van der Waals surface area contributed by atoms with Crippen molar-refractivity contribution in [3.63, 3.8) is 0 Å². The van der Waals surface area contributed by atoms with Gasteiger partial charge < -0.3 is 10.1 Å². The highest BCUT2D eigenvalue weighted by Gasteiger charge is 1.98. The molecule has 0 saturated heterocycles. The molecule has 13 heavy (non-hydrogen) atoms. The Labute approximate surface area is 79.2 Å². The maximum atomic E-state index is 5.12. The van der Waals surface area contributed by atoms with E-state index in [0.29, 0.717) is 0 Å². The van der Waals surface area contributed by atoms with Crippen LogP contribution in [0.3, 0.4) is 0 Å². The summed E-state index contributed by atoms with van der Waals surface area (Å²) in [5.74, 6) is 0.870. The summed E-state index contributed by atoms with van der Waals surface area (Å²) in [6.07, 6.45) is 0. The van der Waals surface area contributed by atoms with Gasteiger partial charge >= 0.3 is 0 Å². The van der Waals surface area contributed by atoms with E-state index in [1.165, 1.54) is 0 Å². The number of likely N-dealkylation sites (N-methyl/N-ethyl adjacent to an activating group) is 1. The molecule has 0 unspecified atom stereocenters. The van der Waals surface area contributed by atoms with Crippen molar-refractivity contribution in [1.29, 1.82) is 0 Å². The Hall–Kier alpha value is -1.28. The van der Waals surface area contributed by atoms with Crippen molar-refractivity contribution in [2.75, 3.05) is 20.7 Å². The van der Waals surface area contributed by atoms with E-state index in [4.69, 9.17) is 4.74 Å². The van der Waals surface area contributed by atoms with Gasteiger partial charge in [-0.25, -0.2) is 0 Å². The molecule has 0 aromatic heterocycles. The fraction of sp³-hybridized carbons (Fsp3) is 0.273. The van der Waals surface area contributed by atoms with Crippen molar-refractivity contribution in [2.45, 2.75) is 0 Å². The molecule has 0 bridgehead atoms. The summed E-state index contributed by atoms with van der Waals surface area (Å²) >= 11 is 0. The van der Waals surface area contributed by atoms with Crippen molar-refractivity contribution >= 4 is 5.57 Å². The maximum absolute atomic E-state index is 5.12. The lowest BCUT2D eigenvalue weighted by molar-refractivity contribution is 0.414. The summed E-state index contributed by atoms with van der Waals surface area (Å²) < 4.78 is 5.12. The maximum Gasteiger partial charge on any atom is 0.119 e. The van der Waals surface area contributed by atoms with E-state index in [1.807, 2.05) is 31.3 Å². The van der Waals surface area contributed by atoms with E-state index in [0.717, 1.165) is 23.4 Å². The lowest BCUT2D eigenvalue weighted by Crippen LogP contribution is -2.08. The van der Waals surface area contributed by atoms with Crippen LogP contribution < -0.4 is 10.1 Å². The van der Waals surface area contributed by atoms with Crippen LogP contribution in [0.1, 0.15) is 5.56 Å². The van der Waals surface area contributed by atoms with Gasteiger partial charge in [0.25, 0.3) is 0 Å². The Morgan fingerprint density at radius 1 is 1.54 bits per heavy atom. The highest BCUT2D eigenvalue weighted by atomic mass is 16.5. The van der Waals surface area contributed by atoms with Gasteiger partial charge in [-0.3, -0.25) is 0 Å². The number of nitrogens with one attached hydrogen (secondary N) is 1. The number of hydrogen-bond acceptors (Lipinski definition) is 2. The lowest BCUT2D eigenvalue weighted by atomic mass is 10.1. The predicted octanol–water partition coefficient (Wildman–Crippen LogP) is 1.93. The lowest BCUT2D eigenvalue weighted by Gasteiger charge is -2.06. The third kappa shape index (κ3) is 2.60. The molecule has 0 amide bonds. The molecular weight excluding hydrogens is 162 g/mol. The van der Waals surface area contributed by atoms with Crippen LogP contribution in [0.4, 0.5) is 0 Å². The van der Waals surface area contributed by atoms with Gasteiger partial charge in [-0.05, 0) is 30.3 Å². The molecule has 0 radical (unpaired) electrons. The second-order valence-electron chi connectivity index (χ2n) is 2.87. The molecular formula is C11H15NO. The minimum atomic E-state index is 0.799. The molecule has 0 spiro atoms. The molecule has 0 heterocycles. The Bertz CT molecular complexity index is 294. The average Bonchev–Trinajstić information content (AvgIpc) is 2.18. The van der Waals surface area contributed by atoms with E-state index >= 15 is 0 Å². The normalized spacial score (nSPS) is 9.69. The summed E-state index contributed by atoms with van der Waals surface area (Å²) in [5, 5.41) is 3.06. The van der Waals surface area contributed by atoms with E-state index in [9.17, 15) is 0 Å². The van der Waals surface area contributed by atoms with Crippen molar-refractivity contribution in [3.8, 4) is 5.75 Å². The van der Waals surface area contributed by atoms with Crippen LogP contribution in [-0.2, 0) is 0 Å². The number of benzene rings is 1. The van der Waals surface area contributed by atoms with Gasteiger partial charge in [0.15, 0.2) is 0 Å². The van der Waals surface area contributed by atoms with Crippen LogP contribution in [0.5, 0.6) is 5.75 Å². The molecule has 70 valence electrons. The molecule has 0 fully saturated rings. The predicted molar refractivity (Wildman–Crippen MR) is 56.0 cm³/mol. The SMILES string of the molecule is C=C(CNC)c1cccc(OC)c1. The first-order valence-electron chi connectivity index (χ1n) is 4.24. The number of rotatable bonds is 4. The van der Waals surface area contributed by atoms with Crippen LogP contribution in [0.2, 0.25) is 0 Å².